The minimum absolute atomic E-state index is 1.17. The van der Waals surface area contributed by atoms with Gasteiger partial charge in [0.1, 0.15) is 7.85 Å². The summed E-state index contributed by atoms with van der Waals surface area (Å²) in [5.41, 5.74) is 2.52. The molecule has 0 aliphatic rings. The van der Waals surface area contributed by atoms with Crippen molar-refractivity contribution in [2.24, 2.45) is 0 Å². The van der Waals surface area contributed by atoms with Crippen LogP contribution in [0, 0.1) is 6.92 Å². The van der Waals surface area contributed by atoms with Gasteiger partial charge in [-0.15, -0.1) is 0 Å². The molecule has 0 saturated carbocycles. The normalized spacial score (nSPS) is 9.62. The van der Waals surface area contributed by atoms with Crippen molar-refractivity contribution in [2.75, 3.05) is 0 Å². The van der Waals surface area contributed by atoms with E-state index in [-0.39, 0.29) is 0 Å². The Hall–Kier alpha value is -0.240. The minimum atomic E-state index is 1.17. The van der Waals surface area contributed by atoms with Crippen molar-refractivity contribution >= 4 is 37.5 Å². The largest absolute Gasteiger partial charge is 0.199 e. The number of nitrogens with zero attached hydrogens (tertiary/aromatic N) is 1. The summed E-state index contributed by atoms with van der Waals surface area (Å²) >= 11 is 1.58. The minimum Gasteiger partial charge on any atom is -0.199 e. The molecule has 0 aliphatic heterocycles. The summed E-state index contributed by atoms with van der Waals surface area (Å²) in [5.74, 6) is 0. The van der Waals surface area contributed by atoms with Crippen LogP contribution in [0.4, 0.5) is 0 Å². The second kappa shape index (κ2) is 1.94. The highest BCUT2D eigenvalue weighted by molar-refractivity contribution is 7.16. The maximum absolute atomic E-state index is 4.16. The molecule has 0 bridgehead atoms. The van der Waals surface area contributed by atoms with E-state index < -0.39 is 0 Å². The standard InChI is InChI=1S/C4H7B2NS/c1-2-3(5)4(6)8-7-2/h5-6H2,1H3. The quantitative estimate of drug-likeness (QED) is 0.362. The molecular formula is C4H7B2NS. The molecule has 0 radical (unpaired) electrons. The van der Waals surface area contributed by atoms with Gasteiger partial charge in [0.25, 0.3) is 0 Å². The lowest BCUT2D eigenvalue weighted by Crippen LogP contribution is -2.21. The van der Waals surface area contributed by atoms with Crippen LogP contribution in [0.1, 0.15) is 5.69 Å². The molecule has 0 amide bonds. The molecule has 1 nitrogen and oxygen atoms in total. The molecule has 1 rings (SSSR count). The summed E-state index contributed by atoms with van der Waals surface area (Å²) in [5, 5.41) is 0. The molecule has 0 aliphatic carbocycles. The second-order valence-electron chi connectivity index (χ2n) is 1.95. The Morgan fingerprint density at radius 1 is 1.50 bits per heavy atom. The molecule has 1 aromatic rings. The zero-order valence-corrected chi connectivity index (χ0v) is 6.17. The van der Waals surface area contributed by atoms with Crippen LogP contribution >= 0.6 is 11.5 Å². The lowest BCUT2D eigenvalue weighted by atomic mass is 9.87. The lowest BCUT2D eigenvalue weighted by molar-refractivity contribution is 1.37. The monoisotopic (exact) mass is 123 g/mol. The van der Waals surface area contributed by atoms with Crippen molar-refractivity contribution in [2.45, 2.75) is 6.92 Å². The summed E-state index contributed by atoms with van der Waals surface area (Å²) in [4.78, 5) is 0. The van der Waals surface area contributed by atoms with Crippen molar-refractivity contribution in [3.63, 3.8) is 0 Å². The fourth-order valence-corrected chi connectivity index (χ4v) is 1.22. The molecule has 4 heteroatoms. The predicted molar refractivity (Wildman–Crippen MR) is 43.2 cm³/mol. The third-order valence-electron chi connectivity index (χ3n) is 1.39. The first kappa shape index (κ1) is 5.89. The van der Waals surface area contributed by atoms with E-state index >= 15 is 0 Å². The Balaban J connectivity index is 3.19. The molecule has 8 heavy (non-hydrogen) atoms. The van der Waals surface area contributed by atoms with Gasteiger partial charge in [-0.2, -0.15) is 4.37 Å². The first-order valence-electron chi connectivity index (χ1n) is 2.61. The van der Waals surface area contributed by atoms with E-state index in [1.807, 2.05) is 6.92 Å². The molecule has 0 unspecified atom stereocenters. The van der Waals surface area contributed by atoms with Crippen LogP contribution in [0.25, 0.3) is 0 Å². The van der Waals surface area contributed by atoms with Crippen molar-refractivity contribution in [3.05, 3.63) is 5.69 Å². The van der Waals surface area contributed by atoms with Gasteiger partial charge in [0.15, 0.2) is 7.85 Å². The first-order chi connectivity index (χ1) is 3.72. The van der Waals surface area contributed by atoms with Gasteiger partial charge in [-0.1, -0.05) is 17.0 Å². The lowest BCUT2D eigenvalue weighted by Gasteiger charge is -1.83. The first-order valence-corrected chi connectivity index (χ1v) is 3.38. The van der Waals surface area contributed by atoms with E-state index in [9.17, 15) is 0 Å². The molecule has 0 N–H and O–H groups in total. The van der Waals surface area contributed by atoms with Crippen LogP contribution in [0.2, 0.25) is 0 Å². The topological polar surface area (TPSA) is 12.9 Å². The van der Waals surface area contributed by atoms with E-state index in [0.717, 1.165) is 0 Å². The highest BCUT2D eigenvalue weighted by Crippen LogP contribution is 1.86. The van der Waals surface area contributed by atoms with E-state index in [1.54, 1.807) is 11.5 Å². The Morgan fingerprint density at radius 3 is 2.25 bits per heavy atom. The molecule has 0 saturated heterocycles. The molecule has 40 valence electrons. The average molecular weight is 123 g/mol. The van der Waals surface area contributed by atoms with Gasteiger partial charge in [0, 0.05) is 5.69 Å². The third-order valence-corrected chi connectivity index (χ3v) is 2.34. The van der Waals surface area contributed by atoms with Crippen molar-refractivity contribution in [3.8, 4) is 0 Å². The van der Waals surface area contributed by atoms with Crippen molar-refractivity contribution < 1.29 is 0 Å². The van der Waals surface area contributed by atoms with E-state index in [1.165, 1.54) is 15.9 Å². The highest BCUT2D eigenvalue weighted by Gasteiger charge is 1.97. The van der Waals surface area contributed by atoms with Crippen LogP contribution in [-0.4, -0.2) is 20.1 Å². The highest BCUT2D eigenvalue weighted by atomic mass is 32.1. The smallest absolute Gasteiger partial charge is 0.153 e. The SMILES string of the molecule is Bc1snc(C)c1B. The number of rotatable bonds is 0. The number of aryl methyl sites for hydroxylation is 1. The Kier molecular flexibility index (Phi) is 1.43. The van der Waals surface area contributed by atoms with Crippen molar-refractivity contribution in [1.29, 1.82) is 0 Å². The zero-order valence-electron chi connectivity index (χ0n) is 5.36. The fourth-order valence-electron chi connectivity index (χ4n) is 0.529. The van der Waals surface area contributed by atoms with E-state index in [0.29, 0.717) is 0 Å². The molecule has 1 heterocycles. The van der Waals surface area contributed by atoms with Crippen LogP contribution in [0.5, 0.6) is 0 Å². The Bertz CT molecular complexity index is 176. The molecule has 0 aromatic carbocycles. The van der Waals surface area contributed by atoms with Crippen LogP contribution < -0.4 is 10.2 Å². The Morgan fingerprint density at radius 2 is 2.12 bits per heavy atom. The van der Waals surface area contributed by atoms with Gasteiger partial charge < -0.3 is 0 Å². The number of hydrogen-bond donors (Lipinski definition) is 0. The molecular weight excluding hydrogens is 116 g/mol. The number of aromatic nitrogens is 1. The van der Waals surface area contributed by atoms with Crippen LogP contribution in [0.3, 0.4) is 0 Å². The summed E-state index contributed by atoms with van der Waals surface area (Å²) in [6.07, 6.45) is 0. The van der Waals surface area contributed by atoms with Gasteiger partial charge in [-0.3, -0.25) is 0 Å². The summed E-state index contributed by atoms with van der Waals surface area (Å²) < 4.78 is 5.49. The summed E-state index contributed by atoms with van der Waals surface area (Å²) in [7, 11) is 4.20. The van der Waals surface area contributed by atoms with Gasteiger partial charge in [0.2, 0.25) is 0 Å². The summed E-state index contributed by atoms with van der Waals surface area (Å²) in [6, 6.07) is 0. The van der Waals surface area contributed by atoms with Gasteiger partial charge in [-0.05, 0) is 11.7 Å². The van der Waals surface area contributed by atoms with Gasteiger partial charge in [-0.25, -0.2) is 0 Å². The maximum Gasteiger partial charge on any atom is 0.153 e. The molecule has 0 spiro atoms. The Labute approximate surface area is 55.1 Å². The van der Waals surface area contributed by atoms with Gasteiger partial charge >= 0.3 is 0 Å². The van der Waals surface area contributed by atoms with Gasteiger partial charge in [0.05, 0.1) is 0 Å². The third kappa shape index (κ3) is 0.802. The van der Waals surface area contributed by atoms with E-state index in [4.69, 9.17) is 0 Å². The second-order valence-corrected chi connectivity index (χ2v) is 2.93. The fraction of sp³-hybridized carbons (Fsp3) is 0.250. The maximum atomic E-state index is 4.16. The molecule has 1 aromatic heterocycles. The van der Waals surface area contributed by atoms with Crippen molar-refractivity contribution in [1.82, 2.24) is 4.37 Å². The average Bonchev–Trinajstić information content (AvgIpc) is 1.98. The van der Waals surface area contributed by atoms with Crippen LogP contribution in [0.15, 0.2) is 0 Å². The zero-order chi connectivity index (χ0) is 6.15. The summed E-state index contributed by atoms with van der Waals surface area (Å²) in [6.45, 7) is 2.04. The van der Waals surface area contributed by atoms with Crippen LogP contribution in [-0.2, 0) is 0 Å². The van der Waals surface area contributed by atoms with E-state index in [2.05, 4.69) is 20.1 Å². The predicted octanol–water partition coefficient (Wildman–Crippen LogP) is -2.03. The molecule has 0 fully saturated rings. The number of hydrogen-bond acceptors (Lipinski definition) is 2. The molecule has 0 atom stereocenters.